The molecule has 4 amide bonds. The lowest BCUT2D eigenvalue weighted by atomic mass is 10.2. The minimum atomic E-state index is -4.20. The molecule has 208 valence electrons. The van der Waals surface area contributed by atoms with E-state index in [1.165, 1.54) is 48.5 Å². The van der Waals surface area contributed by atoms with Crippen molar-refractivity contribution in [2.24, 2.45) is 0 Å². The molecule has 0 spiro atoms. The highest BCUT2D eigenvalue weighted by Gasteiger charge is 2.30. The predicted molar refractivity (Wildman–Crippen MR) is 146 cm³/mol. The van der Waals surface area contributed by atoms with Gasteiger partial charge in [0, 0.05) is 23.6 Å². The van der Waals surface area contributed by atoms with Crippen molar-refractivity contribution in [2.45, 2.75) is 49.8 Å². The molecule has 0 unspecified atom stereocenters. The maximum absolute atomic E-state index is 13.1. The summed E-state index contributed by atoms with van der Waals surface area (Å²) in [4.78, 5) is 33.3. The number of imide groups is 1. The minimum absolute atomic E-state index is 0.0680. The summed E-state index contributed by atoms with van der Waals surface area (Å²) in [7, 11) is -8.20. The Labute approximate surface area is 228 Å². The number of amides is 4. The van der Waals surface area contributed by atoms with Crippen molar-refractivity contribution >= 4 is 43.7 Å². The topological polar surface area (TPSA) is 168 Å². The molecule has 0 aliphatic heterocycles. The van der Waals surface area contributed by atoms with Gasteiger partial charge in [-0.1, -0.05) is 38.0 Å². The highest BCUT2D eigenvalue weighted by Crippen LogP contribution is 2.19. The van der Waals surface area contributed by atoms with Crippen molar-refractivity contribution in [3.63, 3.8) is 0 Å². The fourth-order valence-corrected chi connectivity index (χ4v) is 5.88. The van der Waals surface area contributed by atoms with Gasteiger partial charge in [0.1, 0.15) is 0 Å². The van der Waals surface area contributed by atoms with Gasteiger partial charge < -0.3 is 5.32 Å². The van der Waals surface area contributed by atoms with Gasteiger partial charge in [0.25, 0.3) is 20.0 Å². The molecule has 2 aromatic carbocycles. The van der Waals surface area contributed by atoms with E-state index in [4.69, 9.17) is 0 Å². The van der Waals surface area contributed by atoms with E-state index in [9.17, 15) is 26.4 Å². The van der Waals surface area contributed by atoms with E-state index in [-0.39, 0.29) is 28.0 Å². The number of anilines is 2. The summed E-state index contributed by atoms with van der Waals surface area (Å²) in [6, 6.07) is 12.2. The second kappa shape index (κ2) is 12.7. The Hall–Kier alpha value is -4.04. The van der Waals surface area contributed by atoms with Gasteiger partial charge >= 0.3 is 12.1 Å². The molecular formula is C25H30N6O6S2. The van der Waals surface area contributed by atoms with E-state index in [0.29, 0.717) is 28.5 Å². The molecule has 1 aromatic heterocycles. The largest absolute Gasteiger partial charge is 0.339 e. The average Bonchev–Trinajstić information content (AvgIpc) is 2.86. The van der Waals surface area contributed by atoms with Crippen LogP contribution in [-0.2, 0) is 20.0 Å². The van der Waals surface area contributed by atoms with Crippen molar-refractivity contribution in [3.05, 3.63) is 72.1 Å². The van der Waals surface area contributed by atoms with E-state index >= 15 is 0 Å². The third-order valence-corrected chi connectivity index (χ3v) is 8.51. The molecule has 14 heteroatoms. The van der Waals surface area contributed by atoms with E-state index in [0.717, 1.165) is 6.42 Å². The number of benzene rings is 2. The van der Waals surface area contributed by atoms with Gasteiger partial charge in [0.15, 0.2) is 0 Å². The number of hydrogen-bond acceptors (Lipinski definition) is 8. The van der Waals surface area contributed by atoms with Gasteiger partial charge in [0.2, 0.25) is 5.95 Å². The molecule has 12 nitrogen and oxygen atoms in total. The Morgan fingerprint density at radius 2 is 1.46 bits per heavy atom. The summed E-state index contributed by atoms with van der Waals surface area (Å²) >= 11 is 0. The normalized spacial score (nSPS) is 11.5. The summed E-state index contributed by atoms with van der Waals surface area (Å²) in [6.45, 7) is 5.26. The zero-order valence-corrected chi connectivity index (χ0v) is 23.3. The lowest BCUT2D eigenvalue weighted by Gasteiger charge is -2.22. The van der Waals surface area contributed by atoms with Gasteiger partial charge in [-0.25, -0.2) is 45.4 Å². The Morgan fingerprint density at radius 1 is 0.846 bits per heavy atom. The number of aromatic nitrogens is 2. The van der Waals surface area contributed by atoms with Crippen LogP contribution in [0.2, 0.25) is 0 Å². The van der Waals surface area contributed by atoms with Gasteiger partial charge in [-0.05, 0) is 62.7 Å². The molecule has 0 aliphatic rings. The first kappa shape index (κ1) is 29.5. The summed E-state index contributed by atoms with van der Waals surface area (Å²) in [5, 5.41) is 4.43. The van der Waals surface area contributed by atoms with Crippen molar-refractivity contribution in [1.82, 2.24) is 19.6 Å². The predicted octanol–water partition coefficient (Wildman–Crippen LogP) is 4.02. The van der Waals surface area contributed by atoms with Crippen LogP contribution in [0.1, 0.15) is 37.6 Å². The van der Waals surface area contributed by atoms with Crippen molar-refractivity contribution in [3.8, 4) is 0 Å². The van der Waals surface area contributed by atoms with Gasteiger partial charge in [-0.2, -0.15) is 0 Å². The quantitative estimate of drug-likeness (QED) is 0.305. The lowest BCUT2D eigenvalue weighted by molar-refractivity contribution is 0.218. The number of rotatable bonds is 10. The molecule has 3 rings (SSSR count). The van der Waals surface area contributed by atoms with Crippen LogP contribution >= 0.6 is 0 Å². The molecule has 3 N–H and O–H groups in total. The average molecular weight is 575 g/mol. The third kappa shape index (κ3) is 7.97. The number of unbranched alkanes of at least 4 members (excludes halogenated alkanes) is 2. The van der Waals surface area contributed by atoms with Gasteiger partial charge in [-0.3, -0.25) is 5.32 Å². The minimum Gasteiger partial charge on any atom is -0.308 e. The fourth-order valence-electron chi connectivity index (χ4n) is 3.55. The van der Waals surface area contributed by atoms with Crippen LogP contribution in [0.25, 0.3) is 0 Å². The summed E-state index contributed by atoms with van der Waals surface area (Å²) in [5.74, 6) is -0.0680. The number of nitrogens with one attached hydrogen (secondary N) is 3. The number of urea groups is 2. The molecule has 1 heterocycles. The molecule has 0 saturated heterocycles. The Bertz CT molecular complexity index is 1510. The number of aryl methyl sites for hydroxylation is 2. The molecule has 0 radical (unpaired) electrons. The van der Waals surface area contributed by atoms with Crippen LogP contribution < -0.4 is 15.4 Å². The summed E-state index contributed by atoms with van der Waals surface area (Å²) < 4.78 is 54.5. The van der Waals surface area contributed by atoms with Crippen molar-refractivity contribution < 1.29 is 26.4 Å². The van der Waals surface area contributed by atoms with Crippen LogP contribution in [0.4, 0.5) is 21.2 Å². The van der Waals surface area contributed by atoms with Gasteiger partial charge in [-0.15, -0.1) is 0 Å². The van der Waals surface area contributed by atoms with Gasteiger partial charge in [0.05, 0.1) is 9.79 Å². The van der Waals surface area contributed by atoms with E-state index in [1.807, 2.05) is 12.2 Å². The second-order valence-corrected chi connectivity index (χ2v) is 12.1. The lowest BCUT2D eigenvalue weighted by Crippen LogP contribution is -2.47. The van der Waals surface area contributed by atoms with E-state index in [1.54, 1.807) is 26.0 Å². The number of carbonyl (C=O) groups is 2. The number of nitrogens with zero attached hydrogens (tertiary/aromatic N) is 3. The molecule has 39 heavy (non-hydrogen) atoms. The maximum Gasteiger partial charge on any atom is 0.339 e. The molecular weight excluding hydrogens is 544 g/mol. The molecule has 0 bridgehead atoms. The van der Waals surface area contributed by atoms with Crippen molar-refractivity contribution in [1.29, 1.82) is 0 Å². The third-order valence-electron chi connectivity index (χ3n) is 5.37. The van der Waals surface area contributed by atoms with E-state index < -0.39 is 32.1 Å². The highest BCUT2D eigenvalue weighted by atomic mass is 32.2. The number of carbonyl (C=O) groups excluding carboxylic acids is 2. The van der Waals surface area contributed by atoms with Crippen LogP contribution in [0.3, 0.4) is 0 Å². The SMILES string of the molecule is CCCCCN(C(=O)NC(=O)Nc1ccc(S(=O)(=O)Nc2nc(C)cc(C)n2)cc1)S(=O)(=O)c1ccccc1. The first-order chi connectivity index (χ1) is 18.4. The molecule has 0 saturated carbocycles. The monoisotopic (exact) mass is 574 g/mol. The second-order valence-electron chi connectivity index (χ2n) is 8.59. The first-order valence-electron chi connectivity index (χ1n) is 12.1. The van der Waals surface area contributed by atoms with Crippen LogP contribution in [0.5, 0.6) is 0 Å². The first-order valence-corrected chi connectivity index (χ1v) is 15.0. The molecule has 3 aromatic rings. The molecule has 0 aliphatic carbocycles. The van der Waals surface area contributed by atoms with Crippen LogP contribution in [0.15, 0.2) is 70.5 Å². The molecule has 0 fully saturated rings. The molecule has 0 atom stereocenters. The van der Waals surface area contributed by atoms with Crippen LogP contribution in [0, 0.1) is 13.8 Å². The Morgan fingerprint density at radius 3 is 2.05 bits per heavy atom. The Balaban J connectivity index is 1.69. The summed E-state index contributed by atoms with van der Waals surface area (Å²) in [5.41, 5.74) is 1.37. The standard InChI is InChI=1S/C25H30N6O6S2/c1-4-5-9-16-31(39(36,37)22-10-7-6-8-11-22)25(33)29-24(32)28-20-12-14-21(15-13-20)38(34,35)30-23-26-18(2)17-19(3)27-23/h6-8,10-15,17H,4-5,9,16H2,1-3H3,(H,26,27,30)(H2,28,29,32,33). The highest BCUT2D eigenvalue weighted by molar-refractivity contribution is 7.92. The maximum atomic E-state index is 13.1. The zero-order valence-electron chi connectivity index (χ0n) is 21.7. The fraction of sp³-hybridized carbons (Fsp3) is 0.280. The van der Waals surface area contributed by atoms with Crippen LogP contribution in [-0.4, -0.2) is 49.7 Å². The zero-order chi connectivity index (χ0) is 28.6. The van der Waals surface area contributed by atoms with Crippen molar-refractivity contribution in [2.75, 3.05) is 16.6 Å². The number of hydrogen-bond donors (Lipinski definition) is 3. The number of sulfonamides is 2. The van der Waals surface area contributed by atoms with E-state index in [2.05, 4.69) is 20.0 Å². The Kier molecular flexibility index (Phi) is 9.59. The summed E-state index contributed by atoms with van der Waals surface area (Å²) in [6.07, 6.45) is 1.93. The smallest absolute Gasteiger partial charge is 0.308 e.